The summed E-state index contributed by atoms with van der Waals surface area (Å²) in [6, 6.07) is 89.1. The summed E-state index contributed by atoms with van der Waals surface area (Å²) in [7, 11) is 0. The number of anilines is 3. The highest BCUT2D eigenvalue weighted by atomic mass is 15.1. The van der Waals surface area contributed by atoms with Crippen LogP contribution < -0.4 is 4.90 Å². The van der Waals surface area contributed by atoms with E-state index >= 15 is 0 Å². The molecule has 0 unspecified atom stereocenters. The molecule has 1 nitrogen and oxygen atoms in total. The van der Waals surface area contributed by atoms with Crippen molar-refractivity contribution in [2.45, 2.75) is 0 Å². The summed E-state index contributed by atoms with van der Waals surface area (Å²) >= 11 is 0. The van der Waals surface area contributed by atoms with Crippen molar-refractivity contribution in [3.05, 3.63) is 237 Å². The maximum atomic E-state index is 2.46. The Morgan fingerprint density at radius 1 is 0.169 bits per heavy atom. The van der Waals surface area contributed by atoms with Crippen LogP contribution in [0.15, 0.2) is 237 Å². The normalized spacial score (nSPS) is 12.5. The fourth-order valence-electron chi connectivity index (χ4n) is 13.7. The Kier molecular flexibility index (Phi) is 7.26. The van der Waals surface area contributed by atoms with Crippen molar-refractivity contribution in [3.63, 3.8) is 0 Å². The Morgan fingerprint density at radius 2 is 0.451 bits per heavy atom. The third-order valence-electron chi connectivity index (χ3n) is 16.4. The molecule has 0 aliphatic carbocycles. The van der Waals surface area contributed by atoms with Gasteiger partial charge in [-0.2, -0.15) is 0 Å². The molecule has 17 aromatic rings. The van der Waals surface area contributed by atoms with Crippen molar-refractivity contribution in [2.75, 3.05) is 4.90 Å². The molecule has 0 N–H and O–H groups in total. The van der Waals surface area contributed by atoms with E-state index in [0.29, 0.717) is 0 Å². The monoisotopic (exact) mass is 893 g/mol. The minimum atomic E-state index is 1.12. The third kappa shape index (κ3) is 4.80. The summed E-state index contributed by atoms with van der Waals surface area (Å²) in [5.41, 5.74) is 8.42. The fraction of sp³-hybridized carbons (Fsp3) is 0. The number of fused-ring (bicyclic) bond motifs is 10. The summed E-state index contributed by atoms with van der Waals surface area (Å²) < 4.78 is 0. The molecule has 324 valence electrons. The van der Waals surface area contributed by atoms with E-state index in [9.17, 15) is 0 Å². The molecule has 0 radical (unpaired) electrons. The lowest BCUT2D eigenvalue weighted by Crippen LogP contribution is -2.09. The topological polar surface area (TPSA) is 3.24 Å². The molecule has 0 heterocycles. The first kappa shape index (κ1) is 37.7. The Morgan fingerprint density at radius 3 is 0.817 bits per heavy atom. The number of para-hydroxylation sites is 2. The smallest absolute Gasteiger partial charge is 0.0462 e. The molecule has 71 heavy (non-hydrogen) atoms. The van der Waals surface area contributed by atoms with Gasteiger partial charge in [0.25, 0.3) is 0 Å². The highest BCUT2D eigenvalue weighted by molar-refractivity contribution is 6.51. The molecule has 0 amide bonds. The Labute approximate surface area is 408 Å². The molecule has 0 aliphatic rings. The van der Waals surface area contributed by atoms with Crippen LogP contribution in [0, 0.1) is 0 Å². The lowest BCUT2D eigenvalue weighted by molar-refractivity contribution is 1.28. The molecule has 0 fully saturated rings. The van der Waals surface area contributed by atoms with Gasteiger partial charge in [0.15, 0.2) is 0 Å². The van der Waals surface area contributed by atoms with Crippen LogP contribution in [-0.2, 0) is 0 Å². The molecule has 0 saturated carbocycles. The number of hydrogen-bond donors (Lipinski definition) is 0. The fourth-order valence-corrected chi connectivity index (χ4v) is 13.7. The molecule has 1 heteroatoms. The molecule has 0 aromatic heterocycles. The van der Waals surface area contributed by atoms with Crippen molar-refractivity contribution in [1.29, 1.82) is 0 Å². The molecule has 0 bridgehead atoms. The van der Waals surface area contributed by atoms with Crippen LogP contribution in [0.4, 0.5) is 17.1 Å². The largest absolute Gasteiger partial charge is 0.311 e. The summed E-state index contributed by atoms with van der Waals surface area (Å²) in [5, 5.41) is 31.8. The van der Waals surface area contributed by atoms with Crippen LogP contribution in [-0.4, -0.2) is 0 Å². The predicted octanol–water partition coefficient (Wildman–Crippen LogP) is 20.1. The maximum absolute atomic E-state index is 2.46. The van der Waals surface area contributed by atoms with E-state index in [4.69, 9.17) is 0 Å². The Hall–Kier alpha value is -9.30. The first-order valence-electron chi connectivity index (χ1n) is 24.8. The van der Waals surface area contributed by atoms with Crippen LogP contribution in [0.25, 0.3) is 152 Å². The van der Waals surface area contributed by atoms with Gasteiger partial charge in [-0.25, -0.2) is 0 Å². The van der Waals surface area contributed by atoms with Crippen molar-refractivity contribution in [2.24, 2.45) is 0 Å². The highest BCUT2D eigenvalue weighted by Crippen LogP contribution is 2.58. The lowest BCUT2D eigenvalue weighted by atomic mass is 9.87. The summed E-state index contributed by atoms with van der Waals surface area (Å²) in [5.74, 6) is 0. The molecule has 17 rings (SSSR count). The predicted molar refractivity (Wildman–Crippen MR) is 307 cm³/mol. The average molecular weight is 894 g/mol. The highest BCUT2D eigenvalue weighted by Gasteiger charge is 2.30. The van der Waals surface area contributed by atoms with Gasteiger partial charge in [-0.1, -0.05) is 200 Å². The van der Waals surface area contributed by atoms with Gasteiger partial charge in [0.1, 0.15) is 0 Å². The zero-order valence-corrected chi connectivity index (χ0v) is 38.5. The van der Waals surface area contributed by atoms with Crippen LogP contribution in [0.3, 0.4) is 0 Å². The zero-order chi connectivity index (χ0) is 46.1. The van der Waals surface area contributed by atoms with Crippen molar-refractivity contribution >= 4 is 146 Å². The van der Waals surface area contributed by atoms with E-state index in [1.807, 2.05) is 0 Å². The van der Waals surface area contributed by atoms with E-state index in [0.717, 1.165) is 17.1 Å². The van der Waals surface area contributed by atoms with Gasteiger partial charge in [-0.3, -0.25) is 0 Å². The van der Waals surface area contributed by atoms with Gasteiger partial charge in [0.2, 0.25) is 0 Å². The van der Waals surface area contributed by atoms with E-state index in [2.05, 4.69) is 241 Å². The molecule has 0 saturated heterocycles. The Bertz CT molecular complexity index is 4620. The van der Waals surface area contributed by atoms with Crippen LogP contribution in [0.5, 0.6) is 0 Å². The molecule has 17 aromatic carbocycles. The van der Waals surface area contributed by atoms with E-state index in [1.54, 1.807) is 0 Å². The zero-order valence-electron chi connectivity index (χ0n) is 38.5. The van der Waals surface area contributed by atoms with E-state index in [1.165, 1.54) is 152 Å². The lowest BCUT2D eigenvalue weighted by Gasteiger charge is -2.25. The molecule has 0 aliphatic heterocycles. The van der Waals surface area contributed by atoms with E-state index < -0.39 is 0 Å². The second kappa shape index (κ2) is 13.7. The summed E-state index contributed by atoms with van der Waals surface area (Å²) in [4.78, 5) is 2.37. The first-order chi connectivity index (χ1) is 35.3. The standard InChI is InChI=1S/C70H39N/c1-4-14-42(15-5-1)61-67-55-36-32-51-47-24-10-16-40-18-12-26-49(59(40)47)53-34-38-57(65(55)63(51)53)69(67)62(43-28-30-46(31-29-43)71(44-20-6-2-7-21-44)45-22-8-3-9-23-45)70-58-39-35-54-50-27-13-19-41-17-11-25-48(60(41)50)52-33-37-56(68(61)70)66(58)64(52)54/h1-39H. The van der Waals surface area contributed by atoms with Crippen molar-refractivity contribution in [3.8, 4) is 22.3 Å². The SMILES string of the molecule is c1ccc(-c2c3c4ccc5c6cccc7cccc(c8ccc(c3c(-c3ccc(N(c9ccccc9)c9ccccc9)cc3)c3c9ccc%10c%11cccc%12cccc(c%13ccc(c23)c9c%13%10)c%12%11)c4c58)c76)cc1. The number of rotatable bonds is 5. The second-order valence-electron chi connectivity index (χ2n) is 19.7. The van der Waals surface area contributed by atoms with Crippen molar-refractivity contribution < 1.29 is 0 Å². The summed E-state index contributed by atoms with van der Waals surface area (Å²) in [6.45, 7) is 0. The molecule has 0 spiro atoms. The minimum absolute atomic E-state index is 1.12. The number of hydrogen-bond acceptors (Lipinski definition) is 1. The van der Waals surface area contributed by atoms with Gasteiger partial charge in [-0.15, -0.1) is 0 Å². The molecule has 0 atom stereocenters. The van der Waals surface area contributed by atoms with Crippen molar-refractivity contribution in [1.82, 2.24) is 0 Å². The van der Waals surface area contributed by atoms with Gasteiger partial charge >= 0.3 is 0 Å². The van der Waals surface area contributed by atoms with Gasteiger partial charge in [0.05, 0.1) is 0 Å². The molecular weight excluding hydrogens is 855 g/mol. The van der Waals surface area contributed by atoms with Crippen LogP contribution in [0.1, 0.15) is 0 Å². The van der Waals surface area contributed by atoms with Crippen LogP contribution >= 0.6 is 0 Å². The summed E-state index contributed by atoms with van der Waals surface area (Å²) in [6.07, 6.45) is 0. The average Bonchev–Trinajstić information content (AvgIpc) is 3.95. The van der Waals surface area contributed by atoms with Gasteiger partial charge < -0.3 is 4.90 Å². The maximum Gasteiger partial charge on any atom is 0.0462 e. The first-order valence-corrected chi connectivity index (χ1v) is 24.8. The van der Waals surface area contributed by atoms with Gasteiger partial charge in [0, 0.05) is 17.1 Å². The van der Waals surface area contributed by atoms with E-state index in [-0.39, 0.29) is 0 Å². The number of nitrogens with zero attached hydrogens (tertiary/aromatic N) is 1. The van der Waals surface area contributed by atoms with Gasteiger partial charge in [-0.05, 0) is 188 Å². The second-order valence-corrected chi connectivity index (χ2v) is 19.7. The minimum Gasteiger partial charge on any atom is -0.311 e. The van der Waals surface area contributed by atoms with Crippen LogP contribution in [0.2, 0.25) is 0 Å². The third-order valence-corrected chi connectivity index (χ3v) is 16.4. The Balaban J connectivity index is 1.08. The quantitative estimate of drug-likeness (QED) is 0.123. The number of benzene rings is 15. The molecular formula is C70H39N.